The number of likely N-dealkylation sites (N-methyl/N-ethyl adjacent to an activating group) is 3. The van der Waals surface area contributed by atoms with E-state index in [-0.39, 0.29) is 47.7 Å². The topological polar surface area (TPSA) is 96.5 Å². The van der Waals surface area contributed by atoms with E-state index in [2.05, 4.69) is 42.8 Å². The quantitative estimate of drug-likeness (QED) is 0.287. The highest BCUT2D eigenvalue weighted by Gasteiger charge is 2.40. The summed E-state index contributed by atoms with van der Waals surface area (Å²) in [6.07, 6.45) is 6.17. The summed E-state index contributed by atoms with van der Waals surface area (Å²) in [7, 11) is 3.59. The van der Waals surface area contributed by atoms with Crippen molar-refractivity contribution in [1.82, 2.24) is 29.8 Å². The molecular weight excluding hydrogens is 580 g/mol. The molecule has 4 amide bonds. The number of nitrogens with one attached hydrogen (secondary N) is 1. The highest BCUT2D eigenvalue weighted by molar-refractivity contribution is 5.97. The van der Waals surface area contributed by atoms with Crippen molar-refractivity contribution < 1.29 is 19.2 Å². The van der Waals surface area contributed by atoms with Gasteiger partial charge in [-0.25, -0.2) is 0 Å². The van der Waals surface area contributed by atoms with Crippen molar-refractivity contribution in [1.29, 1.82) is 0 Å². The van der Waals surface area contributed by atoms with Gasteiger partial charge in [0.15, 0.2) is 0 Å². The molecular formula is C36H66N6O4. The summed E-state index contributed by atoms with van der Waals surface area (Å²) in [6, 6.07) is -1.56. The predicted molar refractivity (Wildman–Crippen MR) is 186 cm³/mol. The fourth-order valence-corrected chi connectivity index (χ4v) is 6.86. The number of carbonyl (C=O) groups is 4. The van der Waals surface area contributed by atoms with Gasteiger partial charge in [-0.2, -0.15) is 0 Å². The first-order chi connectivity index (χ1) is 21.5. The largest absolute Gasteiger partial charge is 0.343 e. The maximum atomic E-state index is 14.2. The van der Waals surface area contributed by atoms with Crippen LogP contribution in [0.1, 0.15) is 101 Å². The Morgan fingerprint density at radius 1 is 0.891 bits per heavy atom. The van der Waals surface area contributed by atoms with Gasteiger partial charge >= 0.3 is 0 Å². The summed E-state index contributed by atoms with van der Waals surface area (Å²) in [5, 5.41) is 3.15. The minimum absolute atomic E-state index is 0.0173. The van der Waals surface area contributed by atoms with Gasteiger partial charge in [-0.3, -0.25) is 24.1 Å². The van der Waals surface area contributed by atoms with E-state index >= 15 is 0 Å². The molecule has 0 saturated carbocycles. The Kier molecular flexibility index (Phi) is 15.2. The van der Waals surface area contributed by atoms with Crippen LogP contribution >= 0.6 is 0 Å². The molecule has 0 spiro atoms. The maximum Gasteiger partial charge on any atom is 0.249 e. The average molecular weight is 647 g/mol. The molecule has 0 radical (unpaired) electrons. The van der Waals surface area contributed by atoms with Gasteiger partial charge in [-0.15, -0.1) is 0 Å². The van der Waals surface area contributed by atoms with Crippen molar-refractivity contribution in [2.75, 3.05) is 53.4 Å². The van der Waals surface area contributed by atoms with E-state index < -0.39 is 17.5 Å². The molecule has 264 valence electrons. The van der Waals surface area contributed by atoms with Crippen molar-refractivity contribution in [3.63, 3.8) is 0 Å². The molecule has 0 aliphatic carbocycles. The van der Waals surface area contributed by atoms with Gasteiger partial charge in [0.05, 0.1) is 12.1 Å². The van der Waals surface area contributed by atoms with Crippen LogP contribution in [0.3, 0.4) is 0 Å². The normalized spacial score (nSPS) is 21.1. The zero-order chi connectivity index (χ0) is 34.9. The molecule has 10 nitrogen and oxygen atoms in total. The van der Waals surface area contributed by atoms with Gasteiger partial charge in [0.25, 0.3) is 0 Å². The highest BCUT2D eigenvalue weighted by atomic mass is 16.2. The Hall–Kier alpha value is -2.46. The molecule has 2 rings (SSSR count). The van der Waals surface area contributed by atoms with E-state index in [0.29, 0.717) is 25.1 Å². The maximum absolute atomic E-state index is 14.2. The molecule has 10 heteroatoms. The molecule has 0 aromatic heterocycles. The summed E-state index contributed by atoms with van der Waals surface area (Å²) in [5.74, 6) is -0.426. The molecule has 4 atom stereocenters. The molecule has 0 aromatic carbocycles. The Labute approximate surface area is 280 Å². The van der Waals surface area contributed by atoms with Gasteiger partial charge in [0.2, 0.25) is 23.6 Å². The van der Waals surface area contributed by atoms with Crippen LogP contribution in [0.5, 0.6) is 0 Å². The van der Waals surface area contributed by atoms with Crippen LogP contribution in [0.2, 0.25) is 0 Å². The molecule has 0 unspecified atom stereocenters. The number of rotatable bonds is 14. The average Bonchev–Trinajstić information content (AvgIpc) is 3.50. The molecule has 0 aromatic rings. The van der Waals surface area contributed by atoms with E-state index in [4.69, 9.17) is 0 Å². The number of amides is 4. The third-order valence-electron chi connectivity index (χ3n) is 9.97. The van der Waals surface area contributed by atoms with Crippen LogP contribution in [0.15, 0.2) is 11.6 Å². The third-order valence-corrected chi connectivity index (χ3v) is 9.97. The minimum Gasteiger partial charge on any atom is -0.343 e. The monoisotopic (exact) mass is 647 g/mol. The smallest absolute Gasteiger partial charge is 0.249 e. The molecule has 2 heterocycles. The lowest BCUT2D eigenvalue weighted by Gasteiger charge is -2.41. The van der Waals surface area contributed by atoms with E-state index in [1.807, 2.05) is 47.7 Å². The summed E-state index contributed by atoms with van der Waals surface area (Å²) in [4.78, 5) is 64.7. The lowest BCUT2D eigenvalue weighted by molar-refractivity contribution is -0.142. The van der Waals surface area contributed by atoms with Gasteiger partial charge in [-0.1, -0.05) is 61.0 Å². The third kappa shape index (κ3) is 10.3. The number of likely N-dealkylation sites (tertiary alicyclic amines) is 2. The molecule has 1 N–H and O–H groups in total. The van der Waals surface area contributed by atoms with Crippen LogP contribution in [-0.4, -0.2) is 132 Å². The fraction of sp³-hybridized carbons (Fsp3) is 0.833. The Morgan fingerprint density at radius 3 is 2.04 bits per heavy atom. The van der Waals surface area contributed by atoms with Crippen LogP contribution < -0.4 is 5.32 Å². The van der Waals surface area contributed by atoms with Crippen LogP contribution in [-0.2, 0) is 19.2 Å². The SMILES string of the molecule is CCN(CC)CCN(C)C(=O)[C@@H]1CCCN1C(=O)/C(C)=C/[C@H](C(C)C)N(C)C(=O)[C@@H](NC(=O)[C@H]1CCCCN1C(C)C)C(C)(C)C. The van der Waals surface area contributed by atoms with Crippen molar-refractivity contribution in [3.8, 4) is 0 Å². The fourth-order valence-electron chi connectivity index (χ4n) is 6.86. The van der Waals surface area contributed by atoms with E-state index in [1.165, 1.54) is 0 Å². The molecule has 0 bridgehead atoms. The first kappa shape index (κ1) is 39.7. The molecule has 2 fully saturated rings. The highest BCUT2D eigenvalue weighted by Crippen LogP contribution is 2.27. The van der Waals surface area contributed by atoms with Crippen molar-refractivity contribution in [2.45, 2.75) is 132 Å². The molecule has 2 aliphatic heterocycles. The standard InChI is InChI=1S/C36H66N6O4/c1-13-40(14-2)23-22-38(11)34(45)29-19-17-21-42(29)33(44)27(7)24-30(25(3)4)39(12)35(46)31(36(8,9)10)37-32(43)28-18-15-16-20-41(28)26(5)6/h24-26,28-31H,13-23H2,1-12H3,(H,37,43)/b27-24+/t28-,29+,30-,31-/m1/s1. The van der Waals surface area contributed by atoms with Gasteiger partial charge in [0.1, 0.15) is 12.1 Å². The van der Waals surface area contributed by atoms with Crippen molar-refractivity contribution in [2.24, 2.45) is 11.3 Å². The van der Waals surface area contributed by atoms with Crippen LogP contribution in [0.25, 0.3) is 0 Å². The second-order valence-corrected chi connectivity index (χ2v) is 15.1. The Morgan fingerprint density at radius 2 is 1.50 bits per heavy atom. The summed E-state index contributed by atoms with van der Waals surface area (Å²) < 4.78 is 0. The van der Waals surface area contributed by atoms with Gasteiger partial charge in [0, 0.05) is 45.3 Å². The number of piperidine rings is 1. The van der Waals surface area contributed by atoms with Gasteiger partial charge in [-0.05, 0) is 77.4 Å². The first-order valence-corrected chi connectivity index (χ1v) is 17.8. The number of carbonyl (C=O) groups excluding carboxylic acids is 4. The molecule has 2 saturated heterocycles. The second-order valence-electron chi connectivity index (χ2n) is 15.1. The summed E-state index contributed by atoms with van der Waals surface area (Å²) >= 11 is 0. The molecule has 46 heavy (non-hydrogen) atoms. The second kappa shape index (κ2) is 17.6. The zero-order valence-corrected chi connectivity index (χ0v) is 31.2. The lowest BCUT2D eigenvalue weighted by atomic mass is 9.84. The minimum atomic E-state index is -0.723. The number of hydrogen-bond donors (Lipinski definition) is 1. The Balaban J connectivity index is 2.23. The predicted octanol–water partition coefficient (Wildman–Crippen LogP) is 4.00. The van der Waals surface area contributed by atoms with Gasteiger partial charge < -0.3 is 24.9 Å². The summed E-state index contributed by atoms with van der Waals surface area (Å²) in [5.41, 5.74) is 0.00416. The van der Waals surface area contributed by atoms with E-state index in [1.54, 1.807) is 28.7 Å². The zero-order valence-electron chi connectivity index (χ0n) is 31.2. The van der Waals surface area contributed by atoms with E-state index in [9.17, 15) is 19.2 Å². The lowest BCUT2D eigenvalue weighted by Crippen LogP contribution is -2.60. The van der Waals surface area contributed by atoms with Crippen molar-refractivity contribution >= 4 is 23.6 Å². The number of nitrogens with zero attached hydrogens (tertiary/aromatic N) is 5. The van der Waals surface area contributed by atoms with Crippen molar-refractivity contribution in [3.05, 3.63) is 11.6 Å². The number of hydrogen-bond acceptors (Lipinski definition) is 6. The Bertz CT molecular complexity index is 1060. The van der Waals surface area contributed by atoms with Crippen LogP contribution in [0, 0.1) is 11.3 Å². The van der Waals surface area contributed by atoms with Crippen LogP contribution in [0.4, 0.5) is 0 Å². The van der Waals surface area contributed by atoms with E-state index in [0.717, 1.165) is 51.9 Å². The first-order valence-electron chi connectivity index (χ1n) is 17.8. The molecule has 2 aliphatic rings. The summed E-state index contributed by atoms with van der Waals surface area (Å²) in [6.45, 7) is 24.9.